The highest BCUT2D eigenvalue weighted by Gasteiger charge is 2.34. The fraction of sp³-hybridized carbons (Fsp3) is 0.269. The highest BCUT2D eigenvalue weighted by Crippen LogP contribution is 2.31. The zero-order chi connectivity index (χ0) is 22.3. The van der Waals surface area contributed by atoms with E-state index in [2.05, 4.69) is 10.3 Å². The molecule has 5 nitrogen and oxygen atoms in total. The van der Waals surface area contributed by atoms with Crippen molar-refractivity contribution in [2.45, 2.75) is 18.8 Å². The second-order valence-corrected chi connectivity index (χ2v) is 8.12. The fourth-order valence-corrected chi connectivity index (χ4v) is 4.23. The van der Waals surface area contributed by atoms with E-state index in [0.29, 0.717) is 38.0 Å². The Bertz CT molecular complexity index is 1060. The van der Waals surface area contributed by atoms with Crippen LogP contribution in [0.4, 0.5) is 4.39 Å². The smallest absolute Gasteiger partial charge is 0.253 e. The summed E-state index contributed by atoms with van der Waals surface area (Å²) in [6.07, 6.45) is 3.04. The van der Waals surface area contributed by atoms with Gasteiger partial charge in [0.25, 0.3) is 5.91 Å². The van der Waals surface area contributed by atoms with Crippen molar-refractivity contribution in [2.75, 3.05) is 19.6 Å². The van der Waals surface area contributed by atoms with Crippen LogP contribution >= 0.6 is 0 Å². The van der Waals surface area contributed by atoms with Gasteiger partial charge in [-0.1, -0.05) is 42.5 Å². The Hall–Kier alpha value is -3.54. The first-order valence-corrected chi connectivity index (χ1v) is 10.9. The maximum Gasteiger partial charge on any atom is 0.253 e. The molecule has 2 aromatic carbocycles. The van der Waals surface area contributed by atoms with E-state index in [1.807, 2.05) is 48.5 Å². The molecule has 0 unspecified atom stereocenters. The van der Waals surface area contributed by atoms with Gasteiger partial charge in [0.05, 0.1) is 5.92 Å². The Balaban J connectivity index is 1.47. The molecule has 6 heteroatoms. The molecule has 2 amide bonds. The molecule has 0 spiro atoms. The van der Waals surface area contributed by atoms with Gasteiger partial charge in [-0.2, -0.15) is 0 Å². The number of likely N-dealkylation sites (tertiary alicyclic amines) is 1. The number of halogens is 1. The number of carbonyl (C=O) groups excluding carboxylic acids is 2. The van der Waals surface area contributed by atoms with Crippen molar-refractivity contribution in [3.05, 3.63) is 102 Å². The Kier molecular flexibility index (Phi) is 6.90. The number of pyridine rings is 1. The number of nitrogens with zero attached hydrogens (tertiary/aromatic N) is 2. The van der Waals surface area contributed by atoms with Crippen molar-refractivity contribution in [3.63, 3.8) is 0 Å². The van der Waals surface area contributed by atoms with Crippen LogP contribution in [0.5, 0.6) is 0 Å². The van der Waals surface area contributed by atoms with Crippen LogP contribution in [0.1, 0.15) is 34.0 Å². The summed E-state index contributed by atoms with van der Waals surface area (Å²) in [5, 5.41) is 3.00. The Morgan fingerprint density at radius 3 is 2.56 bits per heavy atom. The van der Waals surface area contributed by atoms with Crippen LogP contribution < -0.4 is 5.32 Å². The van der Waals surface area contributed by atoms with Gasteiger partial charge < -0.3 is 10.2 Å². The van der Waals surface area contributed by atoms with E-state index in [0.717, 1.165) is 11.3 Å². The number of nitrogens with one attached hydrogen (secondary N) is 1. The minimum atomic E-state index is -0.448. The van der Waals surface area contributed by atoms with E-state index in [9.17, 15) is 14.0 Å². The molecule has 1 saturated heterocycles. The summed E-state index contributed by atoms with van der Waals surface area (Å²) in [7, 11) is 0. The van der Waals surface area contributed by atoms with Crippen molar-refractivity contribution < 1.29 is 14.0 Å². The van der Waals surface area contributed by atoms with Gasteiger partial charge in [-0.3, -0.25) is 14.6 Å². The molecule has 1 N–H and O–H groups in total. The van der Waals surface area contributed by atoms with Crippen LogP contribution in [0.3, 0.4) is 0 Å². The lowest BCUT2D eigenvalue weighted by Gasteiger charge is -2.37. The SMILES string of the molecule is O=C(NCCc1ccccn1)[C@H]1C[C@H](c2ccccc2)CN(C(=O)c2cccc(F)c2)C1. The molecule has 32 heavy (non-hydrogen) atoms. The topological polar surface area (TPSA) is 62.3 Å². The number of benzene rings is 2. The van der Waals surface area contributed by atoms with Crippen molar-refractivity contribution in [1.29, 1.82) is 0 Å². The lowest BCUT2D eigenvalue weighted by Crippen LogP contribution is -2.48. The highest BCUT2D eigenvalue weighted by molar-refractivity contribution is 5.94. The van der Waals surface area contributed by atoms with Crippen LogP contribution in [0.25, 0.3) is 0 Å². The van der Waals surface area contributed by atoms with Crippen molar-refractivity contribution in [1.82, 2.24) is 15.2 Å². The molecule has 0 bridgehead atoms. The molecule has 3 aromatic rings. The van der Waals surface area contributed by atoms with Gasteiger partial charge in [-0.05, 0) is 42.3 Å². The van der Waals surface area contributed by atoms with Crippen molar-refractivity contribution >= 4 is 11.8 Å². The Morgan fingerprint density at radius 2 is 1.81 bits per heavy atom. The van der Waals surface area contributed by atoms with Crippen molar-refractivity contribution in [3.8, 4) is 0 Å². The zero-order valence-corrected chi connectivity index (χ0v) is 17.8. The third-order valence-electron chi connectivity index (χ3n) is 5.86. The van der Waals surface area contributed by atoms with Crippen LogP contribution in [0, 0.1) is 11.7 Å². The van der Waals surface area contributed by atoms with Crippen LogP contribution in [-0.2, 0) is 11.2 Å². The molecule has 1 fully saturated rings. The molecule has 1 aliphatic rings. The lowest BCUT2D eigenvalue weighted by atomic mass is 9.83. The highest BCUT2D eigenvalue weighted by atomic mass is 19.1. The first-order chi connectivity index (χ1) is 15.6. The van der Waals surface area contributed by atoms with E-state index >= 15 is 0 Å². The van der Waals surface area contributed by atoms with E-state index in [1.165, 1.54) is 18.2 Å². The molecule has 0 saturated carbocycles. The maximum absolute atomic E-state index is 13.7. The zero-order valence-electron chi connectivity index (χ0n) is 17.8. The van der Waals surface area contributed by atoms with E-state index < -0.39 is 5.82 Å². The third kappa shape index (κ3) is 5.38. The molecular weight excluding hydrogens is 405 g/mol. The molecule has 1 aromatic heterocycles. The third-order valence-corrected chi connectivity index (χ3v) is 5.86. The number of hydrogen-bond acceptors (Lipinski definition) is 3. The van der Waals surface area contributed by atoms with Crippen LogP contribution in [0.2, 0.25) is 0 Å². The number of hydrogen-bond donors (Lipinski definition) is 1. The van der Waals surface area contributed by atoms with Crippen molar-refractivity contribution in [2.24, 2.45) is 5.92 Å². The van der Waals surface area contributed by atoms with E-state index in [4.69, 9.17) is 0 Å². The summed E-state index contributed by atoms with van der Waals surface area (Å²) in [6.45, 7) is 1.30. The monoisotopic (exact) mass is 431 g/mol. The maximum atomic E-state index is 13.7. The number of amides is 2. The summed E-state index contributed by atoms with van der Waals surface area (Å²) in [4.78, 5) is 32.1. The van der Waals surface area contributed by atoms with Gasteiger partial charge in [0, 0.05) is 49.4 Å². The first kappa shape index (κ1) is 21.7. The van der Waals surface area contributed by atoms with E-state index in [-0.39, 0.29) is 23.7 Å². The van der Waals surface area contributed by atoms with Crippen LogP contribution in [0.15, 0.2) is 79.0 Å². The molecule has 0 radical (unpaired) electrons. The minimum absolute atomic E-state index is 0.0361. The van der Waals surface area contributed by atoms with Gasteiger partial charge >= 0.3 is 0 Å². The Labute approximate surface area is 187 Å². The minimum Gasteiger partial charge on any atom is -0.355 e. The van der Waals surface area contributed by atoms with E-state index in [1.54, 1.807) is 17.2 Å². The molecule has 2 atom stereocenters. The first-order valence-electron chi connectivity index (χ1n) is 10.9. The largest absolute Gasteiger partial charge is 0.355 e. The summed E-state index contributed by atoms with van der Waals surface area (Å²) in [5.74, 6) is -1.07. The molecule has 4 rings (SSSR count). The predicted octanol–water partition coefficient (Wildman–Crippen LogP) is 3.83. The lowest BCUT2D eigenvalue weighted by molar-refractivity contribution is -0.126. The molecule has 164 valence electrons. The normalized spacial score (nSPS) is 18.2. The number of aromatic nitrogens is 1. The summed E-state index contributed by atoms with van der Waals surface area (Å²) >= 11 is 0. The van der Waals surface area contributed by atoms with Gasteiger partial charge in [-0.15, -0.1) is 0 Å². The summed E-state index contributed by atoms with van der Waals surface area (Å²) < 4.78 is 13.7. The second-order valence-electron chi connectivity index (χ2n) is 8.12. The van der Waals surface area contributed by atoms with Crippen LogP contribution in [-0.4, -0.2) is 41.3 Å². The second kappa shape index (κ2) is 10.2. The Morgan fingerprint density at radius 1 is 1.00 bits per heavy atom. The molecule has 2 heterocycles. The number of carbonyl (C=O) groups is 2. The van der Waals surface area contributed by atoms with Gasteiger partial charge in [0.1, 0.15) is 5.82 Å². The van der Waals surface area contributed by atoms with Gasteiger partial charge in [0.15, 0.2) is 0 Å². The number of piperidine rings is 1. The number of rotatable bonds is 6. The molecular formula is C26H26FN3O2. The quantitative estimate of drug-likeness (QED) is 0.645. The fourth-order valence-electron chi connectivity index (χ4n) is 4.23. The predicted molar refractivity (Wildman–Crippen MR) is 121 cm³/mol. The molecule has 1 aliphatic heterocycles. The summed E-state index contributed by atoms with van der Waals surface area (Å²) in [5.41, 5.74) is 2.31. The summed E-state index contributed by atoms with van der Waals surface area (Å²) in [6, 6.07) is 21.3. The standard InChI is InChI=1S/C26H26FN3O2/c27-23-10-6-9-20(16-23)26(32)30-17-21(19-7-2-1-3-8-19)15-22(18-30)25(31)29-14-12-24-11-4-5-13-28-24/h1-11,13,16,21-22H,12,14-15,17-18H2,(H,29,31)/t21-,22-/m0/s1. The average Bonchev–Trinajstić information content (AvgIpc) is 2.84. The van der Waals surface area contributed by atoms with Gasteiger partial charge in [0.2, 0.25) is 5.91 Å². The molecule has 0 aliphatic carbocycles. The average molecular weight is 432 g/mol. The van der Waals surface area contributed by atoms with Gasteiger partial charge in [-0.25, -0.2) is 4.39 Å².